The van der Waals surface area contributed by atoms with Crippen molar-refractivity contribution in [3.8, 4) is 0 Å². The Labute approximate surface area is 106 Å². The van der Waals surface area contributed by atoms with Gasteiger partial charge in [0.15, 0.2) is 5.78 Å². The molecule has 0 aliphatic heterocycles. The Morgan fingerprint density at radius 3 is 2.53 bits per heavy atom. The number of hydrogen-bond acceptors (Lipinski definition) is 2. The second-order valence-corrected chi connectivity index (χ2v) is 5.08. The molecule has 0 saturated heterocycles. The minimum absolute atomic E-state index is 0.170. The number of nitrogens with zero attached hydrogens (tertiary/aromatic N) is 1. The van der Waals surface area contributed by atoms with E-state index in [2.05, 4.69) is 31.2 Å². The van der Waals surface area contributed by atoms with Crippen LogP contribution in [-0.4, -0.2) is 16.1 Å². The summed E-state index contributed by atoms with van der Waals surface area (Å²) < 4.78 is 1.86. The lowest BCUT2D eigenvalue weighted by Crippen LogP contribution is -2.07. The minimum Gasteiger partial charge on any atom is -0.348 e. The van der Waals surface area contributed by atoms with E-state index >= 15 is 0 Å². The van der Waals surface area contributed by atoms with E-state index in [-0.39, 0.29) is 5.78 Å². The predicted molar refractivity (Wildman–Crippen MR) is 71.6 cm³/mol. The van der Waals surface area contributed by atoms with Gasteiger partial charge in [-0.25, -0.2) is 0 Å². The number of hydrogen-bond donors (Lipinski definition) is 0. The second-order valence-electron chi connectivity index (χ2n) is 4.03. The van der Waals surface area contributed by atoms with Crippen molar-refractivity contribution < 1.29 is 4.79 Å². The molecule has 2 nitrogen and oxygen atoms in total. The molecule has 0 fully saturated rings. The number of carbonyl (C=O) groups is 1. The summed E-state index contributed by atoms with van der Waals surface area (Å²) in [5.74, 6) is 0.657. The van der Waals surface area contributed by atoms with E-state index in [9.17, 15) is 4.79 Å². The number of thioether (sulfide) groups is 1. The summed E-state index contributed by atoms with van der Waals surface area (Å²) >= 11 is 1.58. The van der Waals surface area contributed by atoms with Crippen LogP contribution in [-0.2, 0) is 7.05 Å². The summed E-state index contributed by atoms with van der Waals surface area (Å²) in [6.45, 7) is 2.06. The monoisotopic (exact) mass is 245 g/mol. The maximum atomic E-state index is 11.9. The van der Waals surface area contributed by atoms with Gasteiger partial charge in [0.25, 0.3) is 0 Å². The average Bonchev–Trinajstić information content (AvgIpc) is 2.74. The Balaban J connectivity index is 1.97. The Morgan fingerprint density at radius 2 is 1.94 bits per heavy atom. The van der Waals surface area contributed by atoms with E-state index in [1.165, 1.54) is 5.56 Å². The predicted octanol–water partition coefficient (Wildman–Crippen LogP) is 3.31. The molecule has 3 heteroatoms. The number of carbonyl (C=O) groups excluding carboxylic acids is 1. The number of ketones is 1. The third-order valence-electron chi connectivity index (χ3n) is 2.62. The van der Waals surface area contributed by atoms with Crippen LogP contribution in [0.5, 0.6) is 0 Å². The van der Waals surface area contributed by atoms with Gasteiger partial charge in [-0.2, -0.15) is 0 Å². The van der Waals surface area contributed by atoms with Gasteiger partial charge in [-0.05, 0) is 31.2 Å². The molecule has 0 N–H and O–H groups in total. The average molecular weight is 245 g/mol. The number of Topliss-reactive ketones (excluding diaryl/α,β-unsaturated/α-hetero) is 1. The SMILES string of the molecule is Cc1ccc(SCC(=O)c2cccn2C)cc1. The number of benzene rings is 1. The van der Waals surface area contributed by atoms with E-state index in [0.29, 0.717) is 5.75 Å². The number of rotatable bonds is 4. The van der Waals surface area contributed by atoms with Gasteiger partial charge in [0, 0.05) is 18.1 Å². The van der Waals surface area contributed by atoms with Crippen molar-refractivity contribution in [3.63, 3.8) is 0 Å². The van der Waals surface area contributed by atoms with Crippen molar-refractivity contribution in [2.75, 3.05) is 5.75 Å². The molecule has 0 bridgehead atoms. The number of aryl methyl sites for hydroxylation is 2. The van der Waals surface area contributed by atoms with Crippen molar-refractivity contribution in [1.82, 2.24) is 4.57 Å². The molecule has 0 aliphatic carbocycles. The van der Waals surface area contributed by atoms with Crippen molar-refractivity contribution in [3.05, 3.63) is 53.9 Å². The maximum absolute atomic E-state index is 11.9. The normalized spacial score (nSPS) is 10.5. The Kier molecular flexibility index (Phi) is 3.69. The van der Waals surface area contributed by atoms with E-state index in [4.69, 9.17) is 0 Å². The maximum Gasteiger partial charge on any atom is 0.189 e. The summed E-state index contributed by atoms with van der Waals surface area (Å²) in [6, 6.07) is 12.0. The van der Waals surface area contributed by atoms with Crippen molar-refractivity contribution in [2.24, 2.45) is 7.05 Å². The molecular formula is C14H15NOS. The van der Waals surface area contributed by atoms with Gasteiger partial charge in [-0.15, -0.1) is 11.8 Å². The van der Waals surface area contributed by atoms with Gasteiger partial charge < -0.3 is 4.57 Å². The van der Waals surface area contributed by atoms with Crippen LogP contribution >= 0.6 is 11.8 Å². The molecule has 0 unspecified atom stereocenters. The summed E-state index contributed by atoms with van der Waals surface area (Å²) in [5.41, 5.74) is 2.01. The van der Waals surface area contributed by atoms with Gasteiger partial charge in [0.2, 0.25) is 0 Å². The zero-order valence-electron chi connectivity index (χ0n) is 10.0. The lowest BCUT2D eigenvalue weighted by molar-refractivity contribution is 0.101. The van der Waals surface area contributed by atoms with Crippen LogP contribution in [0.15, 0.2) is 47.5 Å². The van der Waals surface area contributed by atoms with E-state index < -0.39 is 0 Å². The van der Waals surface area contributed by atoms with Crippen LogP contribution in [0.4, 0.5) is 0 Å². The van der Waals surface area contributed by atoms with Crippen molar-refractivity contribution >= 4 is 17.5 Å². The van der Waals surface area contributed by atoms with Crippen LogP contribution in [0.2, 0.25) is 0 Å². The lowest BCUT2D eigenvalue weighted by atomic mass is 10.2. The Morgan fingerprint density at radius 1 is 1.24 bits per heavy atom. The molecule has 1 aromatic carbocycles. The minimum atomic E-state index is 0.170. The van der Waals surface area contributed by atoms with Gasteiger partial charge in [0.05, 0.1) is 11.4 Å². The summed E-state index contributed by atoms with van der Waals surface area (Å²) in [7, 11) is 1.89. The standard InChI is InChI=1S/C14H15NOS/c1-11-5-7-12(8-6-11)17-10-14(16)13-4-3-9-15(13)2/h3-9H,10H2,1-2H3. The zero-order chi connectivity index (χ0) is 12.3. The summed E-state index contributed by atoms with van der Waals surface area (Å²) in [6.07, 6.45) is 1.89. The van der Waals surface area contributed by atoms with Gasteiger partial charge in [0.1, 0.15) is 0 Å². The van der Waals surface area contributed by atoms with Crippen LogP contribution in [0.25, 0.3) is 0 Å². The Bertz CT molecular complexity index is 513. The first-order chi connectivity index (χ1) is 8.16. The fourth-order valence-electron chi connectivity index (χ4n) is 1.61. The lowest BCUT2D eigenvalue weighted by Gasteiger charge is -2.03. The molecule has 0 amide bonds. The van der Waals surface area contributed by atoms with Crippen LogP contribution in [0, 0.1) is 6.92 Å². The van der Waals surface area contributed by atoms with E-state index in [0.717, 1.165) is 10.6 Å². The molecule has 2 aromatic rings. The second kappa shape index (κ2) is 5.23. The molecule has 0 saturated carbocycles. The van der Waals surface area contributed by atoms with Crippen LogP contribution < -0.4 is 0 Å². The van der Waals surface area contributed by atoms with E-state index in [1.807, 2.05) is 29.9 Å². The molecule has 17 heavy (non-hydrogen) atoms. The first-order valence-electron chi connectivity index (χ1n) is 5.51. The van der Waals surface area contributed by atoms with Crippen LogP contribution in [0.1, 0.15) is 16.1 Å². The largest absolute Gasteiger partial charge is 0.348 e. The molecule has 0 aliphatic rings. The highest BCUT2D eigenvalue weighted by Crippen LogP contribution is 2.19. The molecule has 0 atom stereocenters. The van der Waals surface area contributed by atoms with Gasteiger partial charge in [-0.1, -0.05) is 17.7 Å². The first kappa shape index (κ1) is 12.0. The summed E-state index contributed by atoms with van der Waals surface area (Å²) in [5, 5.41) is 0. The quantitative estimate of drug-likeness (QED) is 0.609. The van der Waals surface area contributed by atoms with Crippen molar-refractivity contribution in [1.29, 1.82) is 0 Å². The zero-order valence-corrected chi connectivity index (χ0v) is 10.8. The van der Waals surface area contributed by atoms with Crippen LogP contribution in [0.3, 0.4) is 0 Å². The third kappa shape index (κ3) is 3.01. The smallest absolute Gasteiger partial charge is 0.189 e. The molecule has 88 valence electrons. The highest BCUT2D eigenvalue weighted by molar-refractivity contribution is 8.00. The van der Waals surface area contributed by atoms with Gasteiger partial charge in [-0.3, -0.25) is 4.79 Å². The van der Waals surface area contributed by atoms with Gasteiger partial charge >= 0.3 is 0 Å². The molecule has 0 radical (unpaired) electrons. The van der Waals surface area contributed by atoms with Crippen molar-refractivity contribution in [2.45, 2.75) is 11.8 Å². The molecule has 1 aromatic heterocycles. The number of aromatic nitrogens is 1. The summed E-state index contributed by atoms with van der Waals surface area (Å²) in [4.78, 5) is 13.1. The highest BCUT2D eigenvalue weighted by Gasteiger charge is 2.09. The molecule has 2 rings (SSSR count). The third-order valence-corrected chi connectivity index (χ3v) is 3.63. The van der Waals surface area contributed by atoms with E-state index in [1.54, 1.807) is 11.8 Å². The molecule has 0 spiro atoms. The molecular weight excluding hydrogens is 230 g/mol. The fraction of sp³-hybridized carbons (Fsp3) is 0.214. The Hall–Kier alpha value is -1.48. The fourth-order valence-corrected chi connectivity index (χ4v) is 2.38. The highest BCUT2D eigenvalue weighted by atomic mass is 32.2. The molecule has 1 heterocycles. The topological polar surface area (TPSA) is 22.0 Å². The first-order valence-corrected chi connectivity index (χ1v) is 6.49.